The van der Waals surface area contributed by atoms with Crippen molar-refractivity contribution >= 4 is 17.3 Å². The van der Waals surface area contributed by atoms with Crippen molar-refractivity contribution in [1.82, 2.24) is 4.90 Å². The van der Waals surface area contributed by atoms with E-state index < -0.39 is 0 Å². The number of ether oxygens (including phenoxy) is 1. The molecular formula is C21H27FN4O2. The summed E-state index contributed by atoms with van der Waals surface area (Å²) in [7, 11) is 0. The first-order chi connectivity index (χ1) is 13.6. The maximum Gasteiger partial charge on any atom is 0.241 e. The summed E-state index contributed by atoms with van der Waals surface area (Å²) in [6, 6.07) is 13.6. The van der Waals surface area contributed by atoms with Crippen molar-refractivity contribution in [3.8, 4) is 5.75 Å². The quantitative estimate of drug-likeness (QED) is 0.764. The van der Waals surface area contributed by atoms with Gasteiger partial charge in [0.15, 0.2) is 0 Å². The van der Waals surface area contributed by atoms with Crippen LogP contribution in [0.25, 0.3) is 0 Å². The summed E-state index contributed by atoms with van der Waals surface area (Å²) >= 11 is 0. The maximum absolute atomic E-state index is 13.1. The third-order valence-electron chi connectivity index (χ3n) is 4.94. The Labute approximate surface area is 165 Å². The normalized spacial score (nSPS) is 15.9. The molecule has 2 aromatic carbocycles. The Bertz CT molecular complexity index is 759. The van der Waals surface area contributed by atoms with Crippen molar-refractivity contribution in [1.29, 1.82) is 0 Å². The van der Waals surface area contributed by atoms with Gasteiger partial charge in [-0.2, -0.15) is 0 Å². The van der Waals surface area contributed by atoms with E-state index in [2.05, 4.69) is 15.1 Å². The van der Waals surface area contributed by atoms with Gasteiger partial charge in [-0.3, -0.25) is 9.69 Å². The molecule has 1 heterocycles. The van der Waals surface area contributed by atoms with Crippen LogP contribution in [0.2, 0.25) is 0 Å². The molecule has 2 aromatic rings. The molecule has 1 unspecified atom stereocenters. The molecule has 3 rings (SSSR count). The van der Waals surface area contributed by atoms with Crippen LogP contribution < -0.4 is 20.7 Å². The van der Waals surface area contributed by atoms with E-state index >= 15 is 0 Å². The van der Waals surface area contributed by atoms with Crippen LogP contribution in [0.15, 0.2) is 48.5 Å². The molecule has 7 heteroatoms. The van der Waals surface area contributed by atoms with Crippen molar-refractivity contribution in [3.05, 3.63) is 54.3 Å². The average molecular weight is 386 g/mol. The average Bonchev–Trinajstić information content (AvgIpc) is 2.73. The van der Waals surface area contributed by atoms with Gasteiger partial charge in [0.25, 0.3) is 0 Å². The van der Waals surface area contributed by atoms with Crippen molar-refractivity contribution < 1.29 is 13.9 Å². The summed E-state index contributed by atoms with van der Waals surface area (Å²) < 4.78 is 18.5. The first-order valence-corrected chi connectivity index (χ1v) is 9.55. The third kappa shape index (κ3) is 5.21. The Morgan fingerprint density at radius 2 is 1.75 bits per heavy atom. The van der Waals surface area contributed by atoms with Crippen molar-refractivity contribution in [2.24, 2.45) is 5.73 Å². The number of rotatable bonds is 7. The molecule has 0 spiro atoms. The van der Waals surface area contributed by atoms with E-state index in [4.69, 9.17) is 10.5 Å². The van der Waals surface area contributed by atoms with E-state index in [9.17, 15) is 9.18 Å². The lowest BCUT2D eigenvalue weighted by molar-refractivity contribution is -0.120. The molecule has 1 aliphatic heterocycles. The third-order valence-corrected chi connectivity index (χ3v) is 4.94. The molecule has 6 nitrogen and oxygen atoms in total. The summed E-state index contributed by atoms with van der Waals surface area (Å²) in [6.45, 7) is 6.00. The van der Waals surface area contributed by atoms with E-state index in [0.29, 0.717) is 13.2 Å². The summed E-state index contributed by atoms with van der Waals surface area (Å²) in [6.07, 6.45) is 0. The second kappa shape index (κ2) is 9.52. The van der Waals surface area contributed by atoms with Crippen molar-refractivity contribution in [2.45, 2.75) is 13.0 Å². The summed E-state index contributed by atoms with van der Waals surface area (Å²) in [5.41, 5.74) is 7.17. The minimum atomic E-state index is -0.233. The van der Waals surface area contributed by atoms with Gasteiger partial charge in [-0.05, 0) is 55.5 Å². The van der Waals surface area contributed by atoms with Gasteiger partial charge in [0.2, 0.25) is 5.91 Å². The molecule has 0 radical (unpaired) electrons. The van der Waals surface area contributed by atoms with Crippen LogP contribution in [-0.2, 0) is 4.79 Å². The number of hydrogen-bond donors (Lipinski definition) is 2. The highest BCUT2D eigenvalue weighted by molar-refractivity contribution is 5.94. The fraction of sp³-hybridized carbons (Fsp3) is 0.381. The topological polar surface area (TPSA) is 70.8 Å². The molecule has 1 aliphatic rings. The van der Waals surface area contributed by atoms with Gasteiger partial charge in [0, 0.05) is 44.1 Å². The number of nitrogens with one attached hydrogen (secondary N) is 1. The number of nitrogens with two attached hydrogens (primary N) is 1. The van der Waals surface area contributed by atoms with Gasteiger partial charge in [-0.25, -0.2) is 4.39 Å². The van der Waals surface area contributed by atoms with E-state index in [1.165, 1.54) is 12.1 Å². The van der Waals surface area contributed by atoms with Gasteiger partial charge >= 0.3 is 0 Å². The molecule has 1 saturated heterocycles. The Kier molecular flexibility index (Phi) is 6.84. The largest absolute Gasteiger partial charge is 0.492 e. The number of carbonyl (C=O) groups excluding carboxylic acids is 1. The van der Waals surface area contributed by atoms with Gasteiger partial charge in [-0.1, -0.05) is 0 Å². The van der Waals surface area contributed by atoms with Crippen molar-refractivity contribution in [3.63, 3.8) is 0 Å². The summed E-state index contributed by atoms with van der Waals surface area (Å²) in [5.74, 6) is 0.464. The van der Waals surface area contributed by atoms with Gasteiger partial charge < -0.3 is 20.7 Å². The molecule has 0 aliphatic carbocycles. The second-order valence-electron chi connectivity index (χ2n) is 6.83. The van der Waals surface area contributed by atoms with E-state index in [-0.39, 0.29) is 17.8 Å². The van der Waals surface area contributed by atoms with E-state index in [0.717, 1.165) is 43.3 Å². The lowest BCUT2D eigenvalue weighted by Gasteiger charge is -2.38. The lowest BCUT2D eigenvalue weighted by atomic mass is 10.2. The first kappa shape index (κ1) is 20.1. The fourth-order valence-corrected chi connectivity index (χ4v) is 3.24. The Morgan fingerprint density at radius 1 is 1.11 bits per heavy atom. The molecule has 0 aromatic heterocycles. The first-order valence-electron chi connectivity index (χ1n) is 9.55. The highest BCUT2D eigenvalue weighted by Gasteiger charge is 2.25. The number of piperazine rings is 1. The van der Waals surface area contributed by atoms with E-state index in [1.54, 1.807) is 12.1 Å². The predicted octanol–water partition coefficient (Wildman–Crippen LogP) is 2.31. The molecule has 1 fully saturated rings. The number of hydrogen-bond acceptors (Lipinski definition) is 5. The molecule has 3 N–H and O–H groups in total. The molecule has 28 heavy (non-hydrogen) atoms. The highest BCUT2D eigenvalue weighted by Crippen LogP contribution is 2.19. The van der Waals surface area contributed by atoms with Crippen molar-refractivity contribution in [2.75, 3.05) is 49.5 Å². The lowest BCUT2D eigenvalue weighted by Crippen LogP contribution is -2.52. The molecule has 1 amide bonds. The number of carbonyl (C=O) groups is 1. The van der Waals surface area contributed by atoms with Crippen LogP contribution in [0.1, 0.15) is 6.92 Å². The highest BCUT2D eigenvalue weighted by atomic mass is 19.1. The summed E-state index contributed by atoms with van der Waals surface area (Å²) in [4.78, 5) is 17.0. The minimum absolute atomic E-state index is 0.0362. The monoisotopic (exact) mass is 386 g/mol. The minimum Gasteiger partial charge on any atom is -0.492 e. The molecular weight excluding hydrogens is 359 g/mol. The number of nitrogens with zero attached hydrogens (tertiary/aromatic N) is 2. The van der Waals surface area contributed by atoms with Crippen LogP contribution in [0.3, 0.4) is 0 Å². The predicted molar refractivity (Wildman–Crippen MR) is 109 cm³/mol. The van der Waals surface area contributed by atoms with Gasteiger partial charge in [0.05, 0.1) is 6.04 Å². The molecule has 0 saturated carbocycles. The Hall–Kier alpha value is -2.64. The second-order valence-corrected chi connectivity index (χ2v) is 6.83. The molecule has 150 valence electrons. The maximum atomic E-state index is 13.1. The number of halogens is 1. The zero-order chi connectivity index (χ0) is 19.9. The van der Waals surface area contributed by atoms with Gasteiger partial charge in [0.1, 0.15) is 18.2 Å². The SMILES string of the molecule is CC(C(=O)Nc1ccc(OCCN)cc1)N1CCN(c2ccc(F)cc2)CC1. The van der Waals surface area contributed by atoms with Crippen LogP contribution >= 0.6 is 0 Å². The Morgan fingerprint density at radius 3 is 2.36 bits per heavy atom. The summed E-state index contributed by atoms with van der Waals surface area (Å²) in [5, 5.41) is 2.96. The fourth-order valence-electron chi connectivity index (χ4n) is 3.24. The van der Waals surface area contributed by atoms with Crippen LogP contribution in [0.5, 0.6) is 5.75 Å². The smallest absolute Gasteiger partial charge is 0.241 e. The zero-order valence-corrected chi connectivity index (χ0v) is 16.1. The molecule has 1 atom stereocenters. The van der Waals surface area contributed by atoms with Gasteiger partial charge in [-0.15, -0.1) is 0 Å². The number of amides is 1. The number of benzene rings is 2. The Balaban J connectivity index is 1.49. The number of anilines is 2. The van der Waals surface area contributed by atoms with E-state index in [1.807, 2.05) is 31.2 Å². The molecule has 0 bridgehead atoms. The van der Waals surface area contributed by atoms with Crippen LogP contribution in [-0.4, -0.2) is 56.2 Å². The zero-order valence-electron chi connectivity index (χ0n) is 16.1. The van der Waals surface area contributed by atoms with Crippen LogP contribution in [0, 0.1) is 5.82 Å². The standard InChI is InChI=1S/C21H27FN4O2/c1-16(21(27)24-18-4-8-20(9-5-18)28-15-10-23)25-11-13-26(14-12-25)19-6-2-17(22)3-7-19/h2-9,16H,10-15,23H2,1H3,(H,24,27). The van der Waals surface area contributed by atoms with Crippen LogP contribution in [0.4, 0.5) is 15.8 Å².